The van der Waals surface area contributed by atoms with Gasteiger partial charge in [-0.3, -0.25) is 4.79 Å². The molecule has 1 heterocycles. The standard InChI is InChI=1S/C16H23ClN2O3S2/c1-13(20)19(11-9-14-5-3-2-4-6-14)12-10-18-24(21,22)16-8-7-15(17)23-16/h5,7-8,18H,2-4,6,9-12H2,1H3. The Bertz CT molecular complexity index is 698. The van der Waals surface area contributed by atoms with Crippen molar-refractivity contribution in [2.24, 2.45) is 0 Å². The van der Waals surface area contributed by atoms with E-state index in [0.717, 1.165) is 30.6 Å². The van der Waals surface area contributed by atoms with Gasteiger partial charge >= 0.3 is 0 Å². The second-order valence-electron chi connectivity index (χ2n) is 5.82. The number of amides is 1. The summed E-state index contributed by atoms with van der Waals surface area (Å²) >= 11 is 6.79. The summed E-state index contributed by atoms with van der Waals surface area (Å²) in [6.07, 6.45) is 7.83. The molecule has 1 amide bonds. The van der Waals surface area contributed by atoms with Crippen molar-refractivity contribution in [1.82, 2.24) is 9.62 Å². The first-order chi connectivity index (χ1) is 11.4. The van der Waals surface area contributed by atoms with Gasteiger partial charge in [-0.2, -0.15) is 0 Å². The Kier molecular flexibility index (Phi) is 7.28. The van der Waals surface area contributed by atoms with Crippen LogP contribution < -0.4 is 4.72 Å². The Labute approximate surface area is 152 Å². The molecule has 2 rings (SSSR count). The largest absolute Gasteiger partial charge is 0.341 e. The summed E-state index contributed by atoms with van der Waals surface area (Å²) in [7, 11) is -3.56. The zero-order valence-electron chi connectivity index (χ0n) is 13.8. The Balaban J connectivity index is 1.83. The highest BCUT2D eigenvalue weighted by Crippen LogP contribution is 2.25. The van der Waals surface area contributed by atoms with Gasteiger partial charge in [0.1, 0.15) is 4.21 Å². The van der Waals surface area contributed by atoms with E-state index in [2.05, 4.69) is 10.8 Å². The van der Waals surface area contributed by atoms with E-state index in [4.69, 9.17) is 11.6 Å². The van der Waals surface area contributed by atoms with Gasteiger partial charge in [0, 0.05) is 26.6 Å². The number of carbonyl (C=O) groups is 1. The molecule has 0 atom stereocenters. The van der Waals surface area contributed by atoms with Crippen molar-refractivity contribution >= 4 is 38.9 Å². The maximum atomic E-state index is 12.1. The number of halogens is 1. The van der Waals surface area contributed by atoms with Gasteiger partial charge < -0.3 is 4.90 Å². The number of hydrogen-bond acceptors (Lipinski definition) is 4. The van der Waals surface area contributed by atoms with Gasteiger partial charge in [0.05, 0.1) is 4.34 Å². The lowest BCUT2D eigenvalue weighted by Gasteiger charge is -2.22. The molecule has 1 aromatic rings. The summed E-state index contributed by atoms with van der Waals surface area (Å²) in [6, 6.07) is 3.04. The smallest absolute Gasteiger partial charge is 0.250 e. The number of allylic oxidation sites excluding steroid dienone is 1. The molecule has 0 spiro atoms. The molecule has 1 N–H and O–H groups in total. The van der Waals surface area contributed by atoms with E-state index >= 15 is 0 Å². The van der Waals surface area contributed by atoms with E-state index in [1.54, 1.807) is 11.0 Å². The van der Waals surface area contributed by atoms with Crippen LogP contribution in [-0.2, 0) is 14.8 Å². The van der Waals surface area contributed by atoms with Gasteiger partial charge in [0.2, 0.25) is 15.9 Å². The molecule has 0 unspecified atom stereocenters. The average molecular weight is 391 g/mol. The van der Waals surface area contributed by atoms with Gasteiger partial charge in [0.15, 0.2) is 0 Å². The summed E-state index contributed by atoms with van der Waals surface area (Å²) < 4.78 is 27.4. The first-order valence-electron chi connectivity index (χ1n) is 8.07. The first-order valence-corrected chi connectivity index (χ1v) is 10.7. The quantitative estimate of drug-likeness (QED) is 0.691. The number of rotatable bonds is 8. The maximum absolute atomic E-state index is 12.1. The lowest BCUT2D eigenvalue weighted by molar-refractivity contribution is -0.128. The second-order valence-corrected chi connectivity index (χ2v) is 9.53. The fourth-order valence-electron chi connectivity index (χ4n) is 2.67. The molecule has 0 aliphatic heterocycles. The molecule has 8 heteroatoms. The SMILES string of the molecule is CC(=O)N(CCNS(=O)(=O)c1ccc(Cl)s1)CCC1=CCCCC1. The molecule has 0 radical (unpaired) electrons. The lowest BCUT2D eigenvalue weighted by atomic mass is 9.97. The summed E-state index contributed by atoms with van der Waals surface area (Å²) in [5, 5.41) is 0. The minimum absolute atomic E-state index is 0.0372. The highest BCUT2D eigenvalue weighted by molar-refractivity contribution is 7.91. The van der Waals surface area contributed by atoms with Crippen LogP contribution in [0, 0.1) is 0 Å². The summed E-state index contributed by atoms with van der Waals surface area (Å²) in [6.45, 7) is 2.70. The Morgan fingerprint density at radius 2 is 2.12 bits per heavy atom. The van der Waals surface area contributed by atoms with Crippen LogP contribution in [0.2, 0.25) is 4.34 Å². The molecule has 1 aromatic heterocycles. The third-order valence-electron chi connectivity index (χ3n) is 4.02. The van der Waals surface area contributed by atoms with E-state index in [-0.39, 0.29) is 16.7 Å². The van der Waals surface area contributed by atoms with E-state index in [1.807, 2.05) is 0 Å². The molecule has 5 nitrogen and oxygen atoms in total. The lowest BCUT2D eigenvalue weighted by Crippen LogP contribution is -2.38. The molecule has 24 heavy (non-hydrogen) atoms. The highest BCUT2D eigenvalue weighted by atomic mass is 35.5. The minimum Gasteiger partial charge on any atom is -0.341 e. The fourth-order valence-corrected chi connectivity index (χ4v) is 5.21. The van der Waals surface area contributed by atoms with Gasteiger partial charge in [0.25, 0.3) is 0 Å². The van der Waals surface area contributed by atoms with E-state index in [1.165, 1.54) is 31.4 Å². The number of hydrogen-bond donors (Lipinski definition) is 1. The zero-order valence-corrected chi connectivity index (χ0v) is 16.1. The van der Waals surface area contributed by atoms with Gasteiger partial charge in [-0.25, -0.2) is 13.1 Å². The Hall–Kier alpha value is -0.890. The van der Waals surface area contributed by atoms with Crippen molar-refractivity contribution in [3.63, 3.8) is 0 Å². The van der Waals surface area contributed by atoms with E-state index in [0.29, 0.717) is 17.4 Å². The molecule has 0 saturated heterocycles. The number of nitrogens with zero attached hydrogens (tertiary/aromatic N) is 1. The van der Waals surface area contributed by atoms with Crippen molar-refractivity contribution in [1.29, 1.82) is 0 Å². The van der Waals surface area contributed by atoms with Crippen molar-refractivity contribution in [3.05, 3.63) is 28.1 Å². The van der Waals surface area contributed by atoms with E-state index in [9.17, 15) is 13.2 Å². The first kappa shape index (κ1) is 19.4. The molecule has 0 saturated carbocycles. The van der Waals surface area contributed by atoms with Crippen LogP contribution in [0.4, 0.5) is 0 Å². The molecule has 0 fully saturated rings. The Morgan fingerprint density at radius 3 is 2.71 bits per heavy atom. The molecule has 1 aliphatic rings. The second kappa shape index (κ2) is 8.99. The molecule has 1 aliphatic carbocycles. The van der Waals surface area contributed by atoms with Crippen LogP contribution >= 0.6 is 22.9 Å². The maximum Gasteiger partial charge on any atom is 0.250 e. The average Bonchev–Trinajstić information content (AvgIpc) is 2.98. The minimum atomic E-state index is -3.56. The molecular formula is C16H23ClN2O3S2. The predicted octanol–water partition coefficient (Wildman–Crippen LogP) is 3.42. The fraction of sp³-hybridized carbons (Fsp3) is 0.562. The number of nitrogens with one attached hydrogen (secondary N) is 1. The third-order valence-corrected chi connectivity index (χ3v) is 7.20. The van der Waals surface area contributed by atoms with Crippen molar-refractivity contribution < 1.29 is 13.2 Å². The van der Waals surface area contributed by atoms with Gasteiger partial charge in [-0.15, -0.1) is 11.3 Å². The number of sulfonamides is 1. The monoisotopic (exact) mass is 390 g/mol. The highest BCUT2D eigenvalue weighted by Gasteiger charge is 2.17. The van der Waals surface area contributed by atoms with Crippen LogP contribution in [0.5, 0.6) is 0 Å². The Morgan fingerprint density at radius 1 is 1.33 bits per heavy atom. The van der Waals surface area contributed by atoms with Gasteiger partial charge in [-0.1, -0.05) is 23.3 Å². The predicted molar refractivity (Wildman–Crippen MR) is 97.9 cm³/mol. The van der Waals surface area contributed by atoms with E-state index < -0.39 is 10.0 Å². The van der Waals surface area contributed by atoms with Crippen molar-refractivity contribution in [3.8, 4) is 0 Å². The van der Waals surface area contributed by atoms with Crippen molar-refractivity contribution in [2.45, 2.75) is 43.2 Å². The summed E-state index contributed by atoms with van der Waals surface area (Å²) in [5.74, 6) is -0.0372. The van der Waals surface area contributed by atoms with Gasteiger partial charge in [-0.05, 0) is 44.2 Å². The van der Waals surface area contributed by atoms with Crippen LogP contribution in [0.15, 0.2) is 28.0 Å². The molecule has 134 valence electrons. The number of carbonyl (C=O) groups excluding carboxylic acids is 1. The normalized spacial score (nSPS) is 15.2. The molecular weight excluding hydrogens is 368 g/mol. The molecule has 0 bridgehead atoms. The third kappa shape index (κ3) is 5.88. The topological polar surface area (TPSA) is 66.5 Å². The zero-order chi connectivity index (χ0) is 17.6. The van der Waals surface area contributed by atoms with Crippen LogP contribution in [0.25, 0.3) is 0 Å². The van der Waals surface area contributed by atoms with Crippen molar-refractivity contribution in [2.75, 3.05) is 19.6 Å². The molecule has 0 aromatic carbocycles. The van der Waals surface area contributed by atoms with Crippen LogP contribution in [-0.4, -0.2) is 38.9 Å². The van der Waals surface area contributed by atoms with Crippen LogP contribution in [0.3, 0.4) is 0 Å². The summed E-state index contributed by atoms with van der Waals surface area (Å²) in [4.78, 5) is 13.5. The number of thiophene rings is 1. The van der Waals surface area contributed by atoms with Crippen LogP contribution in [0.1, 0.15) is 39.0 Å². The summed E-state index contributed by atoms with van der Waals surface area (Å²) in [5.41, 5.74) is 1.40.